The Hall–Kier alpha value is -2.51. The third-order valence-electron chi connectivity index (χ3n) is 6.28. The van der Waals surface area contributed by atoms with E-state index in [1.807, 2.05) is 29.3 Å². The SMILES string of the molecule is CCC(C)c1nc(C)c(Cc2c(F)cccc2Cl)c(N2CCN(C(=O)c3cccs3)CC2)n1. The summed E-state index contributed by atoms with van der Waals surface area (Å²) in [5.74, 6) is 1.58. The molecule has 0 bridgehead atoms. The second-order valence-electron chi connectivity index (χ2n) is 8.41. The molecule has 174 valence electrons. The fourth-order valence-electron chi connectivity index (χ4n) is 4.03. The first-order chi connectivity index (χ1) is 15.9. The van der Waals surface area contributed by atoms with Crippen LogP contribution >= 0.6 is 22.9 Å². The van der Waals surface area contributed by atoms with E-state index in [0.29, 0.717) is 43.2 Å². The van der Waals surface area contributed by atoms with Crippen molar-refractivity contribution < 1.29 is 9.18 Å². The molecule has 1 atom stereocenters. The Kier molecular flexibility index (Phi) is 7.29. The highest BCUT2D eigenvalue weighted by atomic mass is 35.5. The topological polar surface area (TPSA) is 49.3 Å². The number of rotatable bonds is 6. The van der Waals surface area contributed by atoms with E-state index < -0.39 is 0 Å². The minimum atomic E-state index is -0.329. The van der Waals surface area contributed by atoms with Crippen LogP contribution in [-0.4, -0.2) is 47.0 Å². The van der Waals surface area contributed by atoms with Crippen LogP contribution in [0.3, 0.4) is 0 Å². The first kappa shape index (κ1) is 23.6. The maximum atomic E-state index is 14.6. The molecule has 8 heteroatoms. The number of aromatic nitrogens is 2. The molecule has 1 aromatic carbocycles. The number of thiophene rings is 1. The van der Waals surface area contributed by atoms with E-state index in [0.717, 1.165) is 34.2 Å². The lowest BCUT2D eigenvalue weighted by atomic mass is 10.0. The van der Waals surface area contributed by atoms with Gasteiger partial charge in [-0.25, -0.2) is 14.4 Å². The van der Waals surface area contributed by atoms with Gasteiger partial charge < -0.3 is 9.80 Å². The van der Waals surface area contributed by atoms with Crippen LogP contribution in [0.15, 0.2) is 35.7 Å². The third-order valence-corrected chi connectivity index (χ3v) is 7.49. The first-order valence-electron chi connectivity index (χ1n) is 11.3. The van der Waals surface area contributed by atoms with Crippen LogP contribution < -0.4 is 4.90 Å². The number of hydrogen-bond donors (Lipinski definition) is 0. The number of carbonyl (C=O) groups is 1. The lowest BCUT2D eigenvalue weighted by Gasteiger charge is -2.36. The lowest BCUT2D eigenvalue weighted by Crippen LogP contribution is -2.49. The smallest absolute Gasteiger partial charge is 0.264 e. The number of amides is 1. The normalized spacial score (nSPS) is 15.1. The van der Waals surface area contributed by atoms with Gasteiger partial charge in [0.15, 0.2) is 0 Å². The molecule has 3 aromatic rings. The van der Waals surface area contributed by atoms with Crippen molar-refractivity contribution in [3.05, 3.63) is 74.1 Å². The molecular weight excluding hydrogens is 459 g/mol. The van der Waals surface area contributed by atoms with Crippen molar-refractivity contribution in [2.75, 3.05) is 31.1 Å². The van der Waals surface area contributed by atoms with Gasteiger partial charge in [-0.1, -0.05) is 37.6 Å². The van der Waals surface area contributed by atoms with E-state index in [-0.39, 0.29) is 17.6 Å². The van der Waals surface area contributed by atoms with Gasteiger partial charge in [0.05, 0.1) is 4.88 Å². The minimum Gasteiger partial charge on any atom is -0.353 e. The highest BCUT2D eigenvalue weighted by Crippen LogP contribution is 2.31. The number of carbonyl (C=O) groups excluding carboxylic acids is 1. The van der Waals surface area contributed by atoms with Crippen molar-refractivity contribution in [3.8, 4) is 0 Å². The molecule has 2 aromatic heterocycles. The average molecular weight is 487 g/mol. The predicted molar refractivity (Wildman–Crippen MR) is 132 cm³/mol. The molecule has 3 heterocycles. The standard InChI is InChI=1S/C25H28ClFN4OS/c1-4-16(2)23-28-17(3)18(15-19-20(26)7-5-8-21(19)27)24(29-23)30-10-12-31(13-11-30)25(32)22-9-6-14-33-22/h5-9,14,16H,4,10-13,15H2,1-3H3. The maximum absolute atomic E-state index is 14.6. The van der Waals surface area contributed by atoms with E-state index in [9.17, 15) is 9.18 Å². The summed E-state index contributed by atoms with van der Waals surface area (Å²) in [6.07, 6.45) is 1.25. The van der Waals surface area contributed by atoms with Crippen LogP contribution in [0.25, 0.3) is 0 Å². The second-order valence-corrected chi connectivity index (χ2v) is 9.77. The summed E-state index contributed by atoms with van der Waals surface area (Å²) >= 11 is 7.80. The van der Waals surface area contributed by atoms with E-state index >= 15 is 0 Å². The van der Waals surface area contributed by atoms with Crippen LogP contribution in [0, 0.1) is 12.7 Å². The molecule has 1 aliphatic rings. The molecule has 0 radical (unpaired) electrons. The summed E-state index contributed by atoms with van der Waals surface area (Å²) in [6.45, 7) is 8.72. The van der Waals surface area contributed by atoms with Gasteiger partial charge in [-0.05, 0) is 36.9 Å². The minimum absolute atomic E-state index is 0.0715. The maximum Gasteiger partial charge on any atom is 0.264 e. The number of aryl methyl sites for hydroxylation is 1. The Labute approximate surface area is 203 Å². The van der Waals surface area contributed by atoms with Gasteiger partial charge in [-0.3, -0.25) is 4.79 Å². The van der Waals surface area contributed by atoms with Gasteiger partial charge in [0.25, 0.3) is 5.91 Å². The van der Waals surface area contributed by atoms with Crippen molar-refractivity contribution in [1.29, 1.82) is 0 Å². The summed E-state index contributed by atoms with van der Waals surface area (Å²) in [4.78, 5) is 27.3. The van der Waals surface area contributed by atoms with Gasteiger partial charge in [-0.2, -0.15) is 0 Å². The lowest BCUT2D eigenvalue weighted by molar-refractivity contribution is 0.0751. The Morgan fingerprint density at radius 2 is 1.91 bits per heavy atom. The van der Waals surface area contributed by atoms with Crippen LogP contribution in [0.2, 0.25) is 5.02 Å². The summed E-state index contributed by atoms with van der Waals surface area (Å²) < 4.78 is 14.6. The van der Waals surface area contributed by atoms with E-state index in [1.54, 1.807) is 12.1 Å². The zero-order chi connectivity index (χ0) is 23.5. The molecule has 0 aliphatic carbocycles. The van der Waals surface area contributed by atoms with Gasteiger partial charge in [0, 0.05) is 60.4 Å². The van der Waals surface area contributed by atoms with Gasteiger partial charge in [0.2, 0.25) is 0 Å². The molecule has 1 aliphatic heterocycles. The molecular formula is C25H28ClFN4OS. The molecule has 0 N–H and O–H groups in total. The highest BCUT2D eigenvalue weighted by Gasteiger charge is 2.27. The first-order valence-corrected chi connectivity index (χ1v) is 12.5. The Morgan fingerprint density at radius 3 is 2.55 bits per heavy atom. The molecule has 1 saturated heterocycles. The van der Waals surface area contributed by atoms with Crippen molar-refractivity contribution in [2.45, 2.75) is 39.5 Å². The third kappa shape index (κ3) is 5.04. The molecule has 1 fully saturated rings. The number of benzene rings is 1. The Bertz CT molecular complexity index is 1110. The summed E-state index contributed by atoms with van der Waals surface area (Å²) in [5.41, 5.74) is 2.17. The summed E-state index contributed by atoms with van der Waals surface area (Å²) in [5, 5.41) is 2.32. The molecule has 33 heavy (non-hydrogen) atoms. The van der Waals surface area contributed by atoms with E-state index in [1.165, 1.54) is 17.4 Å². The number of piperazine rings is 1. The van der Waals surface area contributed by atoms with Crippen LogP contribution in [0.1, 0.15) is 58.5 Å². The van der Waals surface area contributed by atoms with Crippen LogP contribution in [0.5, 0.6) is 0 Å². The summed E-state index contributed by atoms with van der Waals surface area (Å²) in [7, 11) is 0. The number of halogens is 2. The molecule has 0 saturated carbocycles. The fourth-order valence-corrected chi connectivity index (χ4v) is 4.95. The van der Waals surface area contributed by atoms with Crippen LogP contribution in [0.4, 0.5) is 10.2 Å². The zero-order valence-corrected chi connectivity index (χ0v) is 20.7. The Balaban J connectivity index is 1.64. The van der Waals surface area contributed by atoms with Crippen molar-refractivity contribution >= 4 is 34.7 Å². The van der Waals surface area contributed by atoms with Crippen molar-refractivity contribution in [3.63, 3.8) is 0 Å². The number of anilines is 1. The van der Waals surface area contributed by atoms with Gasteiger partial charge >= 0.3 is 0 Å². The van der Waals surface area contributed by atoms with Gasteiger partial charge in [-0.15, -0.1) is 11.3 Å². The van der Waals surface area contributed by atoms with Gasteiger partial charge in [0.1, 0.15) is 17.5 Å². The molecule has 1 unspecified atom stereocenters. The van der Waals surface area contributed by atoms with E-state index in [2.05, 4.69) is 18.7 Å². The van der Waals surface area contributed by atoms with Crippen molar-refractivity contribution in [1.82, 2.24) is 14.9 Å². The Morgan fingerprint density at radius 1 is 1.15 bits per heavy atom. The number of hydrogen-bond acceptors (Lipinski definition) is 5. The molecule has 0 spiro atoms. The average Bonchev–Trinajstić information content (AvgIpc) is 3.36. The molecule has 4 rings (SSSR count). The zero-order valence-electron chi connectivity index (χ0n) is 19.1. The van der Waals surface area contributed by atoms with Crippen molar-refractivity contribution in [2.24, 2.45) is 0 Å². The largest absolute Gasteiger partial charge is 0.353 e. The van der Waals surface area contributed by atoms with E-state index in [4.69, 9.17) is 21.6 Å². The highest BCUT2D eigenvalue weighted by molar-refractivity contribution is 7.12. The fraction of sp³-hybridized carbons (Fsp3) is 0.400. The quantitative estimate of drug-likeness (QED) is 0.448. The van der Waals surface area contributed by atoms with Crippen LogP contribution in [-0.2, 0) is 6.42 Å². The molecule has 5 nitrogen and oxygen atoms in total. The predicted octanol–water partition coefficient (Wildman–Crippen LogP) is 5.71. The summed E-state index contributed by atoms with van der Waals surface area (Å²) in [6, 6.07) is 8.51. The number of nitrogens with zero attached hydrogens (tertiary/aromatic N) is 4. The monoisotopic (exact) mass is 486 g/mol. The second kappa shape index (κ2) is 10.2. The molecule has 1 amide bonds.